The second-order valence-corrected chi connectivity index (χ2v) is 6.68. The average Bonchev–Trinajstić information content (AvgIpc) is 2.94. The van der Waals surface area contributed by atoms with E-state index in [-0.39, 0.29) is 18.1 Å². The number of urea groups is 1. The topological polar surface area (TPSA) is 54.0 Å². The van der Waals surface area contributed by atoms with Crippen molar-refractivity contribution in [1.29, 1.82) is 0 Å². The van der Waals surface area contributed by atoms with Crippen molar-refractivity contribution in [3.05, 3.63) is 53.3 Å². The van der Waals surface area contributed by atoms with Gasteiger partial charge in [-0.15, -0.1) is 0 Å². The van der Waals surface area contributed by atoms with Crippen molar-refractivity contribution < 1.29 is 4.79 Å². The summed E-state index contributed by atoms with van der Waals surface area (Å²) >= 11 is 6.57. The fourth-order valence-electron chi connectivity index (χ4n) is 3.88. The van der Waals surface area contributed by atoms with Crippen LogP contribution in [0.25, 0.3) is 11.1 Å². The standard InChI is InChI=1S/C18H18ClN3O/c19-14-3-1-2-13(11-6-8-20-9-7-11)17(14)12-4-5-15-16(10-12)22-18(23)21-15/h1-3,6-9,12,15-16H,4-5,10H2,(H2,21,22,23). The Labute approximate surface area is 140 Å². The number of hydrogen-bond acceptors (Lipinski definition) is 2. The van der Waals surface area contributed by atoms with Crippen LogP contribution in [0.15, 0.2) is 42.7 Å². The van der Waals surface area contributed by atoms with Crippen molar-refractivity contribution in [3.63, 3.8) is 0 Å². The minimum absolute atomic E-state index is 0.0471. The Balaban J connectivity index is 1.70. The first-order valence-electron chi connectivity index (χ1n) is 7.98. The third kappa shape index (κ3) is 2.68. The monoisotopic (exact) mass is 327 g/mol. The van der Waals surface area contributed by atoms with Gasteiger partial charge in [0.05, 0.1) is 12.1 Å². The summed E-state index contributed by atoms with van der Waals surface area (Å²) in [7, 11) is 0. The third-order valence-electron chi connectivity index (χ3n) is 4.94. The zero-order valence-corrected chi connectivity index (χ0v) is 13.4. The maximum absolute atomic E-state index is 11.6. The summed E-state index contributed by atoms with van der Waals surface area (Å²) in [6.07, 6.45) is 6.54. The molecule has 2 heterocycles. The first-order valence-corrected chi connectivity index (χ1v) is 8.36. The number of hydrogen-bond donors (Lipinski definition) is 2. The lowest BCUT2D eigenvalue weighted by Gasteiger charge is -2.32. The zero-order chi connectivity index (χ0) is 15.8. The van der Waals surface area contributed by atoms with E-state index in [9.17, 15) is 4.79 Å². The van der Waals surface area contributed by atoms with Crippen molar-refractivity contribution in [2.75, 3.05) is 0 Å². The predicted octanol–water partition coefficient (Wildman–Crippen LogP) is 3.72. The molecule has 1 aromatic carbocycles. The molecule has 1 saturated heterocycles. The van der Waals surface area contributed by atoms with Crippen LogP contribution in [0.5, 0.6) is 0 Å². The molecule has 3 unspecified atom stereocenters. The molecule has 2 fully saturated rings. The second kappa shape index (κ2) is 5.85. The van der Waals surface area contributed by atoms with Crippen LogP contribution in [-0.4, -0.2) is 23.1 Å². The van der Waals surface area contributed by atoms with E-state index in [1.54, 1.807) is 12.4 Å². The number of aromatic nitrogens is 1. The van der Waals surface area contributed by atoms with Gasteiger partial charge in [-0.05, 0) is 60.1 Å². The molecule has 23 heavy (non-hydrogen) atoms. The number of nitrogens with zero attached hydrogens (tertiary/aromatic N) is 1. The number of carbonyl (C=O) groups excluding carboxylic acids is 1. The molecule has 1 saturated carbocycles. The lowest BCUT2D eigenvalue weighted by atomic mass is 9.77. The SMILES string of the molecule is O=C1NC2CCC(c3c(Cl)cccc3-c3ccncc3)CC2N1. The van der Waals surface area contributed by atoms with E-state index in [4.69, 9.17) is 11.6 Å². The normalized spacial score (nSPS) is 26.3. The first kappa shape index (κ1) is 14.5. The summed E-state index contributed by atoms with van der Waals surface area (Å²) in [4.78, 5) is 15.7. The van der Waals surface area contributed by atoms with Crippen LogP contribution in [0.4, 0.5) is 4.79 Å². The van der Waals surface area contributed by atoms with Crippen LogP contribution in [0.2, 0.25) is 5.02 Å². The predicted molar refractivity (Wildman–Crippen MR) is 90.5 cm³/mol. The summed E-state index contributed by atoms with van der Waals surface area (Å²) in [6, 6.07) is 10.5. The number of benzene rings is 1. The molecule has 0 spiro atoms. The van der Waals surface area contributed by atoms with Crippen molar-refractivity contribution >= 4 is 17.6 Å². The van der Waals surface area contributed by atoms with Gasteiger partial charge in [0.15, 0.2) is 0 Å². The van der Waals surface area contributed by atoms with E-state index in [1.165, 1.54) is 11.1 Å². The summed E-state index contributed by atoms with van der Waals surface area (Å²) in [6.45, 7) is 0. The third-order valence-corrected chi connectivity index (χ3v) is 5.27. The zero-order valence-electron chi connectivity index (χ0n) is 12.6. The number of amides is 2. The Kier molecular flexibility index (Phi) is 3.69. The minimum atomic E-state index is -0.0471. The van der Waals surface area contributed by atoms with Crippen molar-refractivity contribution in [3.8, 4) is 11.1 Å². The van der Waals surface area contributed by atoms with Gasteiger partial charge in [0, 0.05) is 17.4 Å². The fourth-order valence-corrected chi connectivity index (χ4v) is 4.21. The van der Waals surface area contributed by atoms with E-state index in [0.717, 1.165) is 29.8 Å². The maximum Gasteiger partial charge on any atom is 0.315 e. The summed E-state index contributed by atoms with van der Waals surface area (Å²) in [5, 5.41) is 6.83. The van der Waals surface area contributed by atoms with E-state index < -0.39 is 0 Å². The Morgan fingerprint density at radius 1 is 1.04 bits per heavy atom. The molecule has 0 radical (unpaired) electrons. The molecule has 118 valence electrons. The second-order valence-electron chi connectivity index (χ2n) is 6.28. The largest absolute Gasteiger partial charge is 0.333 e. The Bertz CT molecular complexity index is 734. The Morgan fingerprint density at radius 2 is 1.83 bits per heavy atom. The maximum atomic E-state index is 11.6. The Hall–Kier alpha value is -2.07. The highest BCUT2D eigenvalue weighted by molar-refractivity contribution is 6.31. The van der Waals surface area contributed by atoms with Crippen LogP contribution < -0.4 is 10.6 Å². The van der Waals surface area contributed by atoms with Gasteiger partial charge in [-0.2, -0.15) is 0 Å². The molecular formula is C18H18ClN3O. The smallest absolute Gasteiger partial charge is 0.315 e. The average molecular weight is 328 g/mol. The Morgan fingerprint density at radius 3 is 2.65 bits per heavy atom. The molecule has 1 aliphatic heterocycles. The molecule has 2 aliphatic rings. The fraction of sp³-hybridized carbons (Fsp3) is 0.333. The van der Waals surface area contributed by atoms with Crippen molar-refractivity contribution in [2.45, 2.75) is 37.3 Å². The number of carbonyl (C=O) groups is 1. The quantitative estimate of drug-likeness (QED) is 0.883. The lowest BCUT2D eigenvalue weighted by molar-refractivity contribution is 0.247. The number of rotatable bonds is 2. The van der Waals surface area contributed by atoms with E-state index >= 15 is 0 Å². The molecule has 4 nitrogen and oxygen atoms in total. The van der Waals surface area contributed by atoms with E-state index in [1.807, 2.05) is 24.3 Å². The molecule has 1 aromatic heterocycles. The highest BCUT2D eigenvalue weighted by Crippen LogP contribution is 2.42. The molecule has 2 N–H and O–H groups in total. The van der Waals surface area contributed by atoms with Crippen LogP contribution >= 0.6 is 11.6 Å². The summed E-state index contributed by atoms with van der Waals surface area (Å²) in [5.41, 5.74) is 3.49. The highest BCUT2D eigenvalue weighted by atomic mass is 35.5. The molecule has 0 bridgehead atoms. The number of nitrogens with one attached hydrogen (secondary N) is 2. The van der Waals surface area contributed by atoms with Crippen LogP contribution in [0, 0.1) is 0 Å². The van der Waals surface area contributed by atoms with Gasteiger partial charge >= 0.3 is 6.03 Å². The molecule has 2 aromatic rings. The van der Waals surface area contributed by atoms with Gasteiger partial charge in [0.25, 0.3) is 0 Å². The van der Waals surface area contributed by atoms with E-state index in [2.05, 4.69) is 21.7 Å². The number of fused-ring (bicyclic) bond motifs is 1. The first-order chi connectivity index (χ1) is 11.2. The van der Waals surface area contributed by atoms with Crippen molar-refractivity contribution in [2.24, 2.45) is 0 Å². The molecular weight excluding hydrogens is 310 g/mol. The van der Waals surface area contributed by atoms with Gasteiger partial charge in [0.2, 0.25) is 0 Å². The van der Waals surface area contributed by atoms with Gasteiger partial charge in [0.1, 0.15) is 0 Å². The lowest BCUT2D eigenvalue weighted by Crippen LogP contribution is -2.39. The van der Waals surface area contributed by atoms with Gasteiger partial charge in [-0.1, -0.05) is 23.7 Å². The number of halogens is 1. The van der Waals surface area contributed by atoms with Crippen LogP contribution in [0.3, 0.4) is 0 Å². The highest BCUT2D eigenvalue weighted by Gasteiger charge is 2.38. The van der Waals surface area contributed by atoms with Gasteiger partial charge in [-0.25, -0.2) is 4.79 Å². The van der Waals surface area contributed by atoms with Crippen LogP contribution in [-0.2, 0) is 0 Å². The number of pyridine rings is 1. The summed E-state index contributed by atoms with van der Waals surface area (Å²) < 4.78 is 0. The minimum Gasteiger partial charge on any atom is -0.333 e. The molecule has 3 atom stereocenters. The van der Waals surface area contributed by atoms with Gasteiger partial charge in [-0.3, -0.25) is 4.98 Å². The van der Waals surface area contributed by atoms with Crippen LogP contribution in [0.1, 0.15) is 30.7 Å². The molecule has 4 rings (SSSR count). The van der Waals surface area contributed by atoms with Gasteiger partial charge < -0.3 is 10.6 Å². The van der Waals surface area contributed by atoms with Crippen molar-refractivity contribution in [1.82, 2.24) is 15.6 Å². The molecule has 2 amide bonds. The molecule has 1 aliphatic carbocycles. The molecule has 5 heteroatoms. The summed E-state index contributed by atoms with van der Waals surface area (Å²) in [5.74, 6) is 0.355. The van der Waals surface area contributed by atoms with E-state index in [0.29, 0.717) is 5.92 Å².